The summed E-state index contributed by atoms with van der Waals surface area (Å²) in [5.74, 6) is -0.255. The fourth-order valence-electron chi connectivity index (χ4n) is 2.74. The molecule has 1 fully saturated rings. The Bertz CT molecular complexity index is 679. The van der Waals surface area contributed by atoms with Crippen LogP contribution in [0.5, 0.6) is 0 Å². The third-order valence-electron chi connectivity index (χ3n) is 3.95. The minimum absolute atomic E-state index is 0. The van der Waals surface area contributed by atoms with Crippen molar-refractivity contribution < 1.29 is 9.18 Å². The Kier molecular flexibility index (Phi) is 6.10. The van der Waals surface area contributed by atoms with Gasteiger partial charge in [0.05, 0.1) is 0 Å². The summed E-state index contributed by atoms with van der Waals surface area (Å²) in [6.07, 6.45) is 4.63. The first-order chi connectivity index (χ1) is 10.6. The monoisotopic (exact) mass is 355 g/mol. The second-order valence-corrected chi connectivity index (χ2v) is 6.77. The Morgan fingerprint density at radius 2 is 2.17 bits per heavy atom. The smallest absolute Gasteiger partial charge is 0.229 e. The summed E-state index contributed by atoms with van der Waals surface area (Å²) in [6, 6.07) is 6.81. The molecule has 124 valence electrons. The van der Waals surface area contributed by atoms with Crippen LogP contribution in [0.15, 0.2) is 30.5 Å². The van der Waals surface area contributed by atoms with Crippen molar-refractivity contribution >= 4 is 34.8 Å². The molecule has 2 aromatic rings. The van der Waals surface area contributed by atoms with Gasteiger partial charge in [-0.05, 0) is 30.9 Å². The Balaban J connectivity index is 0.00000192. The molecule has 3 N–H and O–H groups in total. The number of hydrogen-bond acceptors (Lipinski definition) is 4. The quantitative estimate of drug-likeness (QED) is 0.883. The predicted molar refractivity (Wildman–Crippen MR) is 92.5 cm³/mol. The number of nitrogens with zero attached hydrogens (tertiary/aromatic N) is 1. The zero-order valence-corrected chi connectivity index (χ0v) is 14.1. The highest BCUT2D eigenvalue weighted by atomic mass is 35.5. The summed E-state index contributed by atoms with van der Waals surface area (Å²) >= 11 is 1.38. The third-order valence-corrected chi connectivity index (χ3v) is 4.86. The number of amides is 1. The Morgan fingerprint density at radius 3 is 2.87 bits per heavy atom. The van der Waals surface area contributed by atoms with E-state index in [1.165, 1.54) is 17.4 Å². The third kappa shape index (κ3) is 4.50. The SMILES string of the molecule is Cl.NC1CCC(C(=O)Nc2ncc(Cc3ccccc3F)s2)C1. The second-order valence-electron chi connectivity index (χ2n) is 5.66. The van der Waals surface area contributed by atoms with Crippen LogP contribution in [-0.2, 0) is 11.2 Å². The summed E-state index contributed by atoms with van der Waals surface area (Å²) in [5.41, 5.74) is 6.46. The number of thiazole rings is 1. The van der Waals surface area contributed by atoms with Gasteiger partial charge in [-0.25, -0.2) is 9.37 Å². The summed E-state index contributed by atoms with van der Waals surface area (Å²) in [4.78, 5) is 17.2. The van der Waals surface area contributed by atoms with Crippen molar-refractivity contribution in [3.8, 4) is 0 Å². The zero-order chi connectivity index (χ0) is 15.5. The van der Waals surface area contributed by atoms with Crippen LogP contribution in [0.25, 0.3) is 0 Å². The molecule has 1 amide bonds. The van der Waals surface area contributed by atoms with E-state index in [4.69, 9.17) is 5.73 Å². The fourth-order valence-corrected chi connectivity index (χ4v) is 3.58. The molecule has 2 atom stereocenters. The van der Waals surface area contributed by atoms with Crippen LogP contribution in [0.3, 0.4) is 0 Å². The van der Waals surface area contributed by atoms with Crippen molar-refractivity contribution in [2.75, 3.05) is 5.32 Å². The molecule has 0 bridgehead atoms. The minimum Gasteiger partial charge on any atom is -0.328 e. The maximum atomic E-state index is 13.6. The largest absolute Gasteiger partial charge is 0.328 e. The van der Waals surface area contributed by atoms with Gasteiger partial charge in [0.2, 0.25) is 5.91 Å². The van der Waals surface area contributed by atoms with Gasteiger partial charge in [0, 0.05) is 29.5 Å². The van der Waals surface area contributed by atoms with Gasteiger partial charge in [-0.2, -0.15) is 0 Å². The van der Waals surface area contributed by atoms with Crippen LogP contribution in [0.1, 0.15) is 29.7 Å². The van der Waals surface area contributed by atoms with Crippen molar-refractivity contribution in [3.63, 3.8) is 0 Å². The molecule has 1 aliphatic rings. The van der Waals surface area contributed by atoms with Gasteiger partial charge in [0.15, 0.2) is 5.13 Å². The topological polar surface area (TPSA) is 68.0 Å². The van der Waals surface area contributed by atoms with E-state index in [0.717, 1.165) is 24.1 Å². The predicted octanol–water partition coefficient (Wildman–Crippen LogP) is 3.36. The molecule has 4 nitrogen and oxygen atoms in total. The molecule has 23 heavy (non-hydrogen) atoms. The van der Waals surface area contributed by atoms with Crippen LogP contribution in [0.2, 0.25) is 0 Å². The number of rotatable bonds is 4. The van der Waals surface area contributed by atoms with Crippen molar-refractivity contribution in [1.29, 1.82) is 0 Å². The van der Waals surface area contributed by atoms with Crippen LogP contribution < -0.4 is 11.1 Å². The van der Waals surface area contributed by atoms with Crippen LogP contribution in [0.4, 0.5) is 9.52 Å². The number of aromatic nitrogens is 1. The molecule has 2 unspecified atom stereocenters. The summed E-state index contributed by atoms with van der Waals surface area (Å²) < 4.78 is 13.6. The molecule has 0 radical (unpaired) electrons. The van der Waals surface area contributed by atoms with E-state index in [0.29, 0.717) is 17.1 Å². The number of nitrogens with two attached hydrogens (primary N) is 1. The number of hydrogen-bond donors (Lipinski definition) is 2. The maximum Gasteiger partial charge on any atom is 0.229 e. The first kappa shape index (κ1) is 17.8. The van der Waals surface area contributed by atoms with Gasteiger partial charge in [-0.1, -0.05) is 18.2 Å². The second kappa shape index (κ2) is 7.86. The van der Waals surface area contributed by atoms with Crippen molar-refractivity contribution in [2.45, 2.75) is 31.7 Å². The molecule has 1 aromatic heterocycles. The van der Waals surface area contributed by atoms with E-state index in [-0.39, 0.29) is 36.1 Å². The summed E-state index contributed by atoms with van der Waals surface area (Å²) in [6.45, 7) is 0. The highest BCUT2D eigenvalue weighted by Gasteiger charge is 2.28. The van der Waals surface area contributed by atoms with Gasteiger partial charge in [0.1, 0.15) is 5.82 Å². The Morgan fingerprint density at radius 1 is 1.39 bits per heavy atom. The molecule has 0 spiro atoms. The minimum atomic E-state index is -0.221. The number of carbonyl (C=O) groups excluding carboxylic acids is 1. The van der Waals surface area contributed by atoms with Crippen molar-refractivity contribution in [1.82, 2.24) is 4.98 Å². The number of halogens is 2. The van der Waals surface area contributed by atoms with E-state index in [1.807, 2.05) is 6.07 Å². The van der Waals surface area contributed by atoms with Gasteiger partial charge in [-0.3, -0.25) is 4.79 Å². The van der Waals surface area contributed by atoms with E-state index >= 15 is 0 Å². The molecule has 0 saturated heterocycles. The van der Waals surface area contributed by atoms with Gasteiger partial charge < -0.3 is 11.1 Å². The molecule has 7 heteroatoms. The van der Waals surface area contributed by atoms with Crippen LogP contribution >= 0.6 is 23.7 Å². The summed E-state index contributed by atoms with van der Waals surface area (Å²) in [7, 11) is 0. The highest BCUT2D eigenvalue weighted by Crippen LogP contribution is 2.27. The summed E-state index contributed by atoms with van der Waals surface area (Å²) in [5, 5.41) is 3.41. The molecule has 1 saturated carbocycles. The molecular formula is C16H19ClFN3OS. The lowest BCUT2D eigenvalue weighted by Gasteiger charge is -2.08. The Labute approximate surface area is 144 Å². The maximum absolute atomic E-state index is 13.6. The van der Waals surface area contributed by atoms with E-state index in [1.54, 1.807) is 18.3 Å². The lowest BCUT2D eigenvalue weighted by atomic mass is 10.1. The fraction of sp³-hybridized carbons (Fsp3) is 0.375. The van der Waals surface area contributed by atoms with Crippen molar-refractivity contribution in [3.05, 3.63) is 46.7 Å². The lowest BCUT2D eigenvalue weighted by molar-refractivity contribution is -0.119. The zero-order valence-electron chi connectivity index (χ0n) is 12.5. The molecular weight excluding hydrogens is 337 g/mol. The van der Waals surface area contributed by atoms with E-state index < -0.39 is 0 Å². The molecule has 1 aromatic carbocycles. The number of benzene rings is 1. The molecule has 1 heterocycles. The van der Waals surface area contributed by atoms with Gasteiger partial charge >= 0.3 is 0 Å². The lowest BCUT2D eigenvalue weighted by Crippen LogP contribution is -2.23. The molecule has 1 aliphatic carbocycles. The number of nitrogens with one attached hydrogen (secondary N) is 1. The van der Waals surface area contributed by atoms with E-state index in [2.05, 4.69) is 10.3 Å². The van der Waals surface area contributed by atoms with Crippen LogP contribution in [-0.4, -0.2) is 16.9 Å². The van der Waals surface area contributed by atoms with Gasteiger partial charge in [-0.15, -0.1) is 23.7 Å². The first-order valence-corrected chi connectivity index (χ1v) is 8.18. The Hall–Kier alpha value is -1.50. The van der Waals surface area contributed by atoms with Crippen molar-refractivity contribution in [2.24, 2.45) is 11.7 Å². The molecule has 3 rings (SSSR count). The van der Waals surface area contributed by atoms with Crippen LogP contribution in [0, 0.1) is 11.7 Å². The van der Waals surface area contributed by atoms with E-state index in [9.17, 15) is 9.18 Å². The average Bonchev–Trinajstić information content (AvgIpc) is 3.11. The van der Waals surface area contributed by atoms with Gasteiger partial charge in [0.25, 0.3) is 0 Å². The first-order valence-electron chi connectivity index (χ1n) is 7.36. The average molecular weight is 356 g/mol. The highest BCUT2D eigenvalue weighted by molar-refractivity contribution is 7.15. The number of anilines is 1. The normalized spacial score (nSPS) is 20.1. The molecule has 0 aliphatic heterocycles. The number of carbonyl (C=O) groups is 1. The standard InChI is InChI=1S/C16H18FN3OS.ClH/c17-14-4-2-1-3-10(14)8-13-9-19-16(22-13)20-15(21)11-5-6-12(18)7-11;/h1-4,9,11-12H,5-8,18H2,(H,19,20,21);1H.